The van der Waals surface area contributed by atoms with Gasteiger partial charge < -0.3 is 10.1 Å². The molecule has 1 aliphatic heterocycles. The Kier molecular flexibility index (Phi) is 4.35. The van der Waals surface area contributed by atoms with Crippen molar-refractivity contribution in [2.24, 2.45) is 0 Å². The van der Waals surface area contributed by atoms with Crippen molar-refractivity contribution in [1.82, 2.24) is 20.1 Å². The normalized spacial score (nSPS) is 22.5. The molecule has 2 rings (SSSR count). The summed E-state index contributed by atoms with van der Waals surface area (Å²) >= 11 is 0. The third-order valence-corrected chi connectivity index (χ3v) is 3.24. The van der Waals surface area contributed by atoms with E-state index < -0.39 is 0 Å². The van der Waals surface area contributed by atoms with E-state index in [1.54, 1.807) is 6.33 Å². The Morgan fingerprint density at radius 2 is 2.39 bits per heavy atom. The molecule has 102 valence electrons. The van der Waals surface area contributed by atoms with Gasteiger partial charge in [-0.05, 0) is 39.7 Å². The topological polar surface area (TPSA) is 52.0 Å². The van der Waals surface area contributed by atoms with Gasteiger partial charge in [0.1, 0.15) is 6.33 Å². The Hall–Kier alpha value is -0.940. The summed E-state index contributed by atoms with van der Waals surface area (Å²) < 4.78 is 7.85. The largest absolute Gasteiger partial charge is 0.370 e. The highest BCUT2D eigenvalue weighted by molar-refractivity contribution is 4.84. The summed E-state index contributed by atoms with van der Waals surface area (Å²) in [5, 5.41) is 7.76. The average molecular weight is 252 g/mol. The molecule has 0 saturated carbocycles. The first-order valence-corrected chi connectivity index (χ1v) is 6.86. The molecule has 0 bridgehead atoms. The van der Waals surface area contributed by atoms with Crippen LogP contribution in [0.2, 0.25) is 0 Å². The summed E-state index contributed by atoms with van der Waals surface area (Å²) in [5.41, 5.74) is 0.0246. The van der Waals surface area contributed by atoms with E-state index in [1.165, 1.54) is 0 Å². The molecule has 2 heterocycles. The molecule has 1 fully saturated rings. The minimum Gasteiger partial charge on any atom is -0.370 e. The molecule has 1 saturated heterocycles. The van der Waals surface area contributed by atoms with Gasteiger partial charge in [0.25, 0.3) is 0 Å². The fourth-order valence-electron chi connectivity index (χ4n) is 2.29. The van der Waals surface area contributed by atoms with Gasteiger partial charge in [-0.1, -0.05) is 6.92 Å². The Bertz CT molecular complexity index is 375. The van der Waals surface area contributed by atoms with Gasteiger partial charge in [0.2, 0.25) is 0 Å². The molecular formula is C13H24N4O. The second kappa shape index (κ2) is 5.80. The highest BCUT2D eigenvalue weighted by atomic mass is 16.5. The molecule has 1 aromatic heterocycles. The molecule has 5 heteroatoms. The maximum Gasteiger partial charge on any atom is 0.164 e. The lowest BCUT2D eigenvalue weighted by Gasteiger charge is -2.18. The molecule has 1 unspecified atom stereocenters. The van der Waals surface area contributed by atoms with E-state index in [2.05, 4.69) is 36.2 Å². The molecule has 1 aliphatic rings. The van der Waals surface area contributed by atoms with Crippen LogP contribution in [0.3, 0.4) is 0 Å². The van der Waals surface area contributed by atoms with Gasteiger partial charge in [0, 0.05) is 0 Å². The maximum atomic E-state index is 5.96. The smallest absolute Gasteiger partial charge is 0.164 e. The maximum absolute atomic E-state index is 5.96. The number of hydrogen-bond donors (Lipinski definition) is 1. The summed E-state index contributed by atoms with van der Waals surface area (Å²) in [5.74, 6) is 0.862. The third kappa shape index (κ3) is 3.78. The van der Waals surface area contributed by atoms with E-state index in [1.807, 2.05) is 4.68 Å². The van der Waals surface area contributed by atoms with Gasteiger partial charge in [0.15, 0.2) is 5.82 Å². The van der Waals surface area contributed by atoms with Gasteiger partial charge in [-0.15, -0.1) is 0 Å². The molecule has 1 N–H and O–H groups in total. The molecule has 5 nitrogen and oxygen atoms in total. The van der Waals surface area contributed by atoms with Crippen LogP contribution in [0.4, 0.5) is 0 Å². The van der Waals surface area contributed by atoms with E-state index >= 15 is 0 Å². The summed E-state index contributed by atoms with van der Waals surface area (Å²) in [6, 6.07) is 0. The van der Waals surface area contributed by atoms with Crippen molar-refractivity contribution in [2.45, 2.75) is 64.8 Å². The Labute approximate surface area is 109 Å². The zero-order chi connectivity index (χ0) is 13.0. The predicted molar refractivity (Wildman–Crippen MR) is 70.2 cm³/mol. The standard InChI is InChI=1S/C13H24N4O/c1-4-7-14-8-12-15-10-17(16-12)9-11-5-6-13(2,3)18-11/h10-11,14H,4-9H2,1-3H3. The minimum absolute atomic E-state index is 0.0246. The average Bonchev–Trinajstić information content (AvgIpc) is 2.87. The summed E-state index contributed by atoms with van der Waals surface area (Å²) in [6.07, 6.45) is 5.44. The number of nitrogens with zero attached hydrogens (tertiary/aromatic N) is 3. The predicted octanol–water partition coefficient (Wildman–Crippen LogP) is 1.74. The third-order valence-electron chi connectivity index (χ3n) is 3.24. The summed E-state index contributed by atoms with van der Waals surface area (Å²) in [7, 11) is 0. The molecule has 0 spiro atoms. The lowest BCUT2D eigenvalue weighted by Crippen LogP contribution is -2.23. The van der Waals surface area contributed by atoms with Crippen LogP contribution in [-0.2, 0) is 17.8 Å². The van der Waals surface area contributed by atoms with E-state index in [4.69, 9.17) is 4.74 Å². The first kappa shape index (κ1) is 13.5. The number of aromatic nitrogens is 3. The highest BCUT2D eigenvalue weighted by Crippen LogP contribution is 2.29. The molecular weight excluding hydrogens is 228 g/mol. The van der Waals surface area contributed by atoms with Crippen molar-refractivity contribution >= 4 is 0 Å². The minimum atomic E-state index is 0.0246. The lowest BCUT2D eigenvalue weighted by atomic mass is 10.1. The molecule has 18 heavy (non-hydrogen) atoms. The van der Waals surface area contributed by atoms with Gasteiger partial charge in [0.05, 0.1) is 24.8 Å². The monoisotopic (exact) mass is 252 g/mol. The van der Waals surface area contributed by atoms with Crippen LogP contribution in [0.1, 0.15) is 45.9 Å². The first-order chi connectivity index (χ1) is 8.59. The molecule has 0 aromatic carbocycles. The SMILES string of the molecule is CCCNCc1ncn(CC2CCC(C)(C)O2)n1. The number of ether oxygens (including phenoxy) is 1. The second-order valence-electron chi connectivity index (χ2n) is 5.60. The summed E-state index contributed by atoms with van der Waals surface area (Å²) in [6.45, 7) is 9.01. The van der Waals surface area contributed by atoms with Crippen molar-refractivity contribution < 1.29 is 4.74 Å². The fourth-order valence-corrected chi connectivity index (χ4v) is 2.29. The van der Waals surface area contributed by atoms with Crippen LogP contribution in [0.15, 0.2) is 6.33 Å². The zero-order valence-electron chi connectivity index (χ0n) is 11.6. The number of rotatable bonds is 6. The van der Waals surface area contributed by atoms with Gasteiger partial charge >= 0.3 is 0 Å². The Morgan fingerprint density at radius 1 is 1.56 bits per heavy atom. The van der Waals surface area contributed by atoms with E-state index in [0.29, 0.717) is 0 Å². The summed E-state index contributed by atoms with van der Waals surface area (Å²) in [4.78, 5) is 4.30. The van der Waals surface area contributed by atoms with Crippen LogP contribution in [0, 0.1) is 0 Å². The number of nitrogens with one attached hydrogen (secondary N) is 1. The van der Waals surface area contributed by atoms with E-state index in [-0.39, 0.29) is 11.7 Å². The van der Waals surface area contributed by atoms with E-state index in [9.17, 15) is 0 Å². The lowest BCUT2D eigenvalue weighted by molar-refractivity contribution is -0.0230. The highest BCUT2D eigenvalue weighted by Gasteiger charge is 2.31. The van der Waals surface area contributed by atoms with Gasteiger partial charge in [-0.2, -0.15) is 5.10 Å². The van der Waals surface area contributed by atoms with Crippen LogP contribution >= 0.6 is 0 Å². The fraction of sp³-hybridized carbons (Fsp3) is 0.846. The van der Waals surface area contributed by atoms with Crippen LogP contribution in [-0.4, -0.2) is 33.0 Å². The Morgan fingerprint density at radius 3 is 3.06 bits per heavy atom. The number of hydrogen-bond acceptors (Lipinski definition) is 4. The van der Waals surface area contributed by atoms with Crippen LogP contribution in [0.25, 0.3) is 0 Å². The van der Waals surface area contributed by atoms with Gasteiger partial charge in [-0.25, -0.2) is 4.98 Å². The van der Waals surface area contributed by atoms with Crippen molar-refractivity contribution in [2.75, 3.05) is 6.54 Å². The molecule has 1 aromatic rings. The Balaban J connectivity index is 1.80. The molecule has 0 amide bonds. The molecule has 1 atom stereocenters. The first-order valence-electron chi connectivity index (χ1n) is 6.86. The van der Waals surface area contributed by atoms with Crippen molar-refractivity contribution in [3.05, 3.63) is 12.2 Å². The van der Waals surface area contributed by atoms with Crippen molar-refractivity contribution in [3.8, 4) is 0 Å². The second-order valence-corrected chi connectivity index (χ2v) is 5.60. The van der Waals surface area contributed by atoms with Gasteiger partial charge in [-0.3, -0.25) is 4.68 Å². The van der Waals surface area contributed by atoms with Crippen LogP contribution < -0.4 is 5.32 Å². The zero-order valence-corrected chi connectivity index (χ0v) is 11.6. The van der Waals surface area contributed by atoms with Crippen molar-refractivity contribution in [1.29, 1.82) is 0 Å². The van der Waals surface area contributed by atoms with E-state index in [0.717, 1.165) is 44.7 Å². The van der Waals surface area contributed by atoms with Crippen LogP contribution in [0.5, 0.6) is 0 Å². The van der Waals surface area contributed by atoms with Crippen molar-refractivity contribution in [3.63, 3.8) is 0 Å². The molecule has 0 radical (unpaired) electrons. The quantitative estimate of drug-likeness (QED) is 0.783. The molecule has 0 aliphatic carbocycles.